The molecule has 0 aliphatic rings. The summed E-state index contributed by atoms with van der Waals surface area (Å²) in [6.45, 7) is 0.646. The van der Waals surface area contributed by atoms with Crippen molar-refractivity contribution in [2.45, 2.75) is 5.75 Å². The molecule has 0 radical (unpaired) electrons. The molecule has 2 rings (SSSR count). The molecule has 114 valence electrons. The van der Waals surface area contributed by atoms with E-state index in [1.807, 2.05) is 60.7 Å². The largest absolute Gasteiger partial charge is 0.352 e. The van der Waals surface area contributed by atoms with Crippen molar-refractivity contribution in [3.63, 3.8) is 0 Å². The Morgan fingerprint density at radius 2 is 1.82 bits per heavy atom. The third-order valence-electron chi connectivity index (χ3n) is 2.99. The Balaban J connectivity index is 1.63. The van der Waals surface area contributed by atoms with E-state index < -0.39 is 0 Å². The molecule has 2 aromatic rings. The van der Waals surface area contributed by atoms with E-state index in [-0.39, 0.29) is 5.91 Å². The average Bonchev–Trinajstić information content (AvgIpc) is 2.55. The molecular weight excluding hydrogens is 314 g/mol. The van der Waals surface area contributed by atoms with Gasteiger partial charge in [0.2, 0.25) is 5.91 Å². The van der Waals surface area contributed by atoms with Crippen LogP contribution in [0.4, 0.5) is 0 Å². The lowest BCUT2D eigenvalue weighted by molar-refractivity contribution is -0.116. The second-order valence-electron chi connectivity index (χ2n) is 4.68. The lowest BCUT2D eigenvalue weighted by atomic mass is 10.2. The lowest BCUT2D eigenvalue weighted by Gasteiger charge is -2.04. The van der Waals surface area contributed by atoms with Gasteiger partial charge in [0.25, 0.3) is 0 Å². The molecule has 0 saturated carbocycles. The Labute approximate surface area is 140 Å². The number of amides is 1. The van der Waals surface area contributed by atoms with E-state index in [4.69, 9.17) is 11.6 Å². The summed E-state index contributed by atoms with van der Waals surface area (Å²) in [4.78, 5) is 11.7. The molecule has 0 aliphatic heterocycles. The van der Waals surface area contributed by atoms with E-state index in [2.05, 4.69) is 5.32 Å². The first-order chi connectivity index (χ1) is 10.8. The van der Waals surface area contributed by atoms with Crippen molar-refractivity contribution in [1.29, 1.82) is 0 Å². The van der Waals surface area contributed by atoms with Crippen molar-refractivity contribution >= 4 is 35.3 Å². The number of nitrogens with one attached hydrogen (secondary N) is 1. The minimum atomic E-state index is -0.0674. The van der Waals surface area contributed by atoms with E-state index in [9.17, 15) is 4.79 Å². The van der Waals surface area contributed by atoms with E-state index in [0.717, 1.165) is 27.7 Å². The predicted molar refractivity (Wildman–Crippen MR) is 96.1 cm³/mol. The fraction of sp³-hybridized carbons (Fsp3) is 0.167. The lowest BCUT2D eigenvalue weighted by Crippen LogP contribution is -2.23. The smallest absolute Gasteiger partial charge is 0.244 e. The average molecular weight is 332 g/mol. The third kappa shape index (κ3) is 5.96. The van der Waals surface area contributed by atoms with Gasteiger partial charge in [0, 0.05) is 29.1 Å². The number of carbonyl (C=O) groups is 1. The first-order valence-corrected chi connectivity index (χ1v) is 8.61. The summed E-state index contributed by atoms with van der Waals surface area (Å²) in [7, 11) is 0. The van der Waals surface area contributed by atoms with Gasteiger partial charge in [-0.2, -0.15) is 11.8 Å². The summed E-state index contributed by atoms with van der Waals surface area (Å²) < 4.78 is 0. The Kier molecular flexibility index (Phi) is 7.07. The van der Waals surface area contributed by atoms with E-state index >= 15 is 0 Å². The molecule has 0 bridgehead atoms. The molecule has 0 heterocycles. The van der Waals surface area contributed by atoms with Gasteiger partial charge >= 0.3 is 0 Å². The molecule has 0 unspecified atom stereocenters. The van der Waals surface area contributed by atoms with Crippen LogP contribution in [0.3, 0.4) is 0 Å². The molecule has 1 amide bonds. The van der Waals surface area contributed by atoms with Crippen LogP contribution in [0.5, 0.6) is 0 Å². The molecular formula is C18H18ClNOS. The van der Waals surface area contributed by atoms with Crippen LogP contribution >= 0.6 is 23.4 Å². The number of thioether (sulfide) groups is 1. The fourth-order valence-corrected chi connectivity index (χ4v) is 2.98. The molecule has 22 heavy (non-hydrogen) atoms. The normalized spacial score (nSPS) is 10.8. The molecule has 0 saturated heterocycles. The van der Waals surface area contributed by atoms with Gasteiger partial charge in [-0.15, -0.1) is 0 Å². The zero-order valence-corrected chi connectivity index (χ0v) is 13.7. The summed E-state index contributed by atoms with van der Waals surface area (Å²) in [6, 6.07) is 17.6. The minimum absolute atomic E-state index is 0.0674. The monoisotopic (exact) mass is 331 g/mol. The molecule has 4 heteroatoms. The van der Waals surface area contributed by atoms with Crippen LogP contribution in [0.15, 0.2) is 60.7 Å². The highest BCUT2D eigenvalue weighted by Gasteiger charge is 1.99. The van der Waals surface area contributed by atoms with Gasteiger partial charge in [0.05, 0.1) is 0 Å². The van der Waals surface area contributed by atoms with Crippen LogP contribution < -0.4 is 5.32 Å². The number of hydrogen-bond acceptors (Lipinski definition) is 2. The van der Waals surface area contributed by atoms with Gasteiger partial charge < -0.3 is 5.32 Å². The number of hydrogen-bond donors (Lipinski definition) is 1. The van der Waals surface area contributed by atoms with Gasteiger partial charge in [0.15, 0.2) is 0 Å². The number of halogens is 1. The van der Waals surface area contributed by atoms with Crippen molar-refractivity contribution in [3.05, 3.63) is 76.8 Å². The van der Waals surface area contributed by atoms with Crippen molar-refractivity contribution < 1.29 is 4.79 Å². The molecule has 1 N–H and O–H groups in total. The minimum Gasteiger partial charge on any atom is -0.352 e. The van der Waals surface area contributed by atoms with Gasteiger partial charge in [-0.3, -0.25) is 4.79 Å². The number of carbonyl (C=O) groups excluding carboxylic acids is 1. The standard InChI is InChI=1S/C18H18ClNOS/c19-17-9-5-4-8-16(17)14-22-13-12-20-18(21)11-10-15-6-2-1-3-7-15/h1-11H,12-14H2,(H,20,21)/b11-10+. The van der Waals surface area contributed by atoms with Crippen LogP contribution in [0.1, 0.15) is 11.1 Å². The first-order valence-electron chi connectivity index (χ1n) is 7.08. The van der Waals surface area contributed by atoms with Gasteiger partial charge in [-0.05, 0) is 23.3 Å². The topological polar surface area (TPSA) is 29.1 Å². The molecule has 0 aromatic heterocycles. The zero-order chi connectivity index (χ0) is 15.6. The maximum Gasteiger partial charge on any atom is 0.244 e. The molecule has 0 spiro atoms. The highest BCUT2D eigenvalue weighted by molar-refractivity contribution is 7.98. The van der Waals surface area contributed by atoms with Crippen LogP contribution in [-0.4, -0.2) is 18.2 Å². The molecule has 2 nitrogen and oxygen atoms in total. The first kappa shape index (κ1) is 16.7. The number of benzene rings is 2. The SMILES string of the molecule is O=C(/C=C/c1ccccc1)NCCSCc1ccccc1Cl. The van der Waals surface area contributed by atoms with Crippen molar-refractivity contribution in [2.24, 2.45) is 0 Å². The summed E-state index contributed by atoms with van der Waals surface area (Å²) in [5.74, 6) is 1.65. The summed E-state index contributed by atoms with van der Waals surface area (Å²) in [6.07, 6.45) is 3.38. The maximum atomic E-state index is 11.7. The summed E-state index contributed by atoms with van der Waals surface area (Å²) >= 11 is 7.85. The van der Waals surface area contributed by atoms with Crippen molar-refractivity contribution in [3.8, 4) is 0 Å². The van der Waals surface area contributed by atoms with Crippen LogP contribution in [-0.2, 0) is 10.5 Å². The van der Waals surface area contributed by atoms with E-state index in [0.29, 0.717) is 6.54 Å². The highest BCUT2D eigenvalue weighted by Crippen LogP contribution is 2.20. The Bertz CT molecular complexity index is 628. The van der Waals surface area contributed by atoms with Gasteiger partial charge in [-0.1, -0.05) is 60.1 Å². The predicted octanol–water partition coefficient (Wildman–Crippen LogP) is 4.40. The Morgan fingerprint density at radius 1 is 1.09 bits per heavy atom. The summed E-state index contributed by atoms with van der Waals surface area (Å²) in [5, 5.41) is 3.67. The third-order valence-corrected chi connectivity index (χ3v) is 4.36. The second-order valence-corrected chi connectivity index (χ2v) is 6.19. The zero-order valence-electron chi connectivity index (χ0n) is 12.2. The Morgan fingerprint density at radius 3 is 2.59 bits per heavy atom. The van der Waals surface area contributed by atoms with Crippen molar-refractivity contribution in [1.82, 2.24) is 5.32 Å². The van der Waals surface area contributed by atoms with Gasteiger partial charge in [0.1, 0.15) is 0 Å². The highest BCUT2D eigenvalue weighted by atomic mass is 35.5. The van der Waals surface area contributed by atoms with Crippen LogP contribution in [0.2, 0.25) is 5.02 Å². The van der Waals surface area contributed by atoms with Crippen LogP contribution in [0, 0.1) is 0 Å². The molecule has 2 aromatic carbocycles. The quantitative estimate of drug-likeness (QED) is 0.601. The Hall–Kier alpha value is -1.71. The van der Waals surface area contributed by atoms with Crippen LogP contribution in [0.25, 0.3) is 6.08 Å². The number of rotatable bonds is 7. The molecule has 0 fully saturated rings. The second kappa shape index (κ2) is 9.34. The van der Waals surface area contributed by atoms with Gasteiger partial charge in [-0.25, -0.2) is 0 Å². The van der Waals surface area contributed by atoms with E-state index in [1.54, 1.807) is 17.8 Å². The molecule has 0 atom stereocenters. The van der Waals surface area contributed by atoms with Crippen molar-refractivity contribution in [2.75, 3.05) is 12.3 Å². The maximum absolute atomic E-state index is 11.7. The summed E-state index contributed by atoms with van der Waals surface area (Å²) in [5.41, 5.74) is 2.15. The molecule has 0 aliphatic carbocycles. The van der Waals surface area contributed by atoms with E-state index in [1.165, 1.54) is 0 Å². The fourth-order valence-electron chi connectivity index (χ4n) is 1.84.